The second kappa shape index (κ2) is 5.15. The van der Waals surface area contributed by atoms with Crippen LogP contribution in [0.25, 0.3) is 0 Å². The minimum atomic E-state index is 1.15. The Morgan fingerprint density at radius 3 is 2.58 bits per heavy atom. The zero-order valence-corrected chi connectivity index (χ0v) is 8.21. The van der Waals surface area contributed by atoms with Gasteiger partial charge in [0, 0.05) is 6.54 Å². The molecule has 68 valence electrons. The molecule has 1 aliphatic carbocycles. The molecular formula is C11H19N. The lowest BCUT2D eigenvalue weighted by Gasteiger charge is -2.17. The van der Waals surface area contributed by atoms with Gasteiger partial charge in [-0.3, -0.25) is 0 Å². The van der Waals surface area contributed by atoms with Crippen molar-refractivity contribution in [2.24, 2.45) is 0 Å². The molecule has 0 saturated carbocycles. The molecule has 0 radical (unpaired) electrons. The molecule has 0 heterocycles. The maximum absolute atomic E-state index is 2.47. The highest BCUT2D eigenvalue weighted by atomic mass is 15.1. The van der Waals surface area contributed by atoms with Crippen LogP contribution in [0, 0.1) is 0 Å². The van der Waals surface area contributed by atoms with E-state index in [0.717, 1.165) is 6.42 Å². The van der Waals surface area contributed by atoms with E-state index >= 15 is 0 Å². The highest BCUT2D eigenvalue weighted by Gasteiger charge is 2.01. The van der Waals surface area contributed by atoms with Gasteiger partial charge in [-0.15, -0.1) is 0 Å². The molecule has 1 nitrogen and oxygen atoms in total. The summed E-state index contributed by atoms with van der Waals surface area (Å²) in [7, 11) is 0. The second-order valence-electron chi connectivity index (χ2n) is 3.19. The van der Waals surface area contributed by atoms with Gasteiger partial charge in [-0.05, 0) is 25.9 Å². The van der Waals surface area contributed by atoms with Gasteiger partial charge in [0.05, 0.1) is 0 Å². The summed E-state index contributed by atoms with van der Waals surface area (Å²) in [6.07, 6.45) is 9.18. The van der Waals surface area contributed by atoms with Crippen LogP contribution in [0.5, 0.6) is 0 Å². The number of rotatable bonds is 5. The average molecular weight is 165 g/mol. The first kappa shape index (κ1) is 9.53. The predicted molar refractivity (Wildman–Crippen MR) is 54.2 cm³/mol. The third-order valence-electron chi connectivity index (χ3n) is 2.46. The van der Waals surface area contributed by atoms with Crippen LogP contribution in [-0.2, 0) is 0 Å². The quantitative estimate of drug-likeness (QED) is 0.605. The van der Waals surface area contributed by atoms with Crippen molar-refractivity contribution in [3.8, 4) is 0 Å². The van der Waals surface area contributed by atoms with Gasteiger partial charge < -0.3 is 4.90 Å². The fourth-order valence-electron chi connectivity index (χ4n) is 1.52. The Kier molecular flexibility index (Phi) is 4.09. The van der Waals surface area contributed by atoms with Crippen LogP contribution in [0.3, 0.4) is 0 Å². The Labute approximate surface area is 75.8 Å². The maximum atomic E-state index is 2.47. The molecule has 0 aromatic heterocycles. The third-order valence-corrected chi connectivity index (χ3v) is 2.46. The molecule has 0 aliphatic heterocycles. The zero-order valence-electron chi connectivity index (χ0n) is 8.21. The number of allylic oxidation sites excluding steroid dienone is 3. The smallest absolute Gasteiger partial charge is 0.00215 e. The minimum Gasteiger partial charge on any atom is -0.304 e. The predicted octanol–water partition coefficient (Wildman–Crippen LogP) is 2.60. The Morgan fingerprint density at radius 1 is 1.33 bits per heavy atom. The van der Waals surface area contributed by atoms with Crippen LogP contribution < -0.4 is 0 Å². The van der Waals surface area contributed by atoms with Gasteiger partial charge in [-0.1, -0.05) is 37.6 Å². The van der Waals surface area contributed by atoms with Crippen molar-refractivity contribution in [2.45, 2.75) is 26.7 Å². The number of hydrogen-bond donors (Lipinski definition) is 0. The van der Waals surface area contributed by atoms with Gasteiger partial charge in [-0.2, -0.15) is 0 Å². The zero-order chi connectivity index (χ0) is 8.81. The van der Waals surface area contributed by atoms with Crippen molar-refractivity contribution >= 4 is 0 Å². The molecule has 0 amide bonds. The fourth-order valence-corrected chi connectivity index (χ4v) is 1.52. The molecule has 0 spiro atoms. The van der Waals surface area contributed by atoms with Crippen LogP contribution in [0.1, 0.15) is 26.7 Å². The monoisotopic (exact) mass is 165 g/mol. The van der Waals surface area contributed by atoms with Crippen molar-refractivity contribution in [1.29, 1.82) is 0 Å². The summed E-state index contributed by atoms with van der Waals surface area (Å²) in [5.74, 6) is 0. The lowest BCUT2D eigenvalue weighted by atomic mass is 10.2. The van der Waals surface area contributed by atoms with E-state index in [9.17, 15) is 0 Å². The average Bonchev–Trinajstić information content (AvgIpc) is 2.59. The lowest BCUT2D eigenvalue weighted by Crippen LogP contribution is -2.24. The number of hydrogen-bond acceptors (Lipinski definition) is 1. The Hall–Kier alpha value is -0.560. The summed E-state index contributed by atoms with van der Waals surface area (Å²) in [6, 6.07) is 0. The first-order chi connectivity index (χ1) is 5.86. The van der Waals surface area contributed by atoms with Crippen LogP contribution in [0.4, 0.5) is 0 Å². The van der Waals surface area contributed by atoms with Crippen LogP contribution in [0.2, 0.25) is 0 Å². The maximum Gasteiger partial charge on any atom is 0.00215 e. The van der Waals surface area contributed by atoms with E-state index in [1.807, 2.05) is 0 Å². The van der Waals surface area contributed by atoms with Crippen molar-refractivity contribution in [1.82, 2.24) is 4.90 Å². The molecule has 12 heavy (non-hydrogen) atoms. The highest BCUT2D eigenvalue weighted by molar-refractivity contribution is 5.25. The second-order valence-corrected chi connectivity index (χ2v) is 3.19. The summed E-state index contributed by atoms with van der Waals surface area (Å²) in [4.78, 5) is 2.47. The van der Waals surface area contributed by atoms with E-state index in [4.69, 9.17) is 0 Å². The summed E-state index contributed by atoms with van der Waals surface area (Å²) in [5, 5.41) is 0. The Bertz CT molecular complexity index is 175. The van der Waals surface area contributed by atoms with Gasteiger partial charge in [-0.25, -0.2) is 0 Å². The van der Waals surface area contributed by atoms with E-state index in [0.29, 0.717) is 0 Å². The van der Waals surface area contributed by atoms with E-state index in [1.54, 1.807) is 0 Å². The van der Waals surface area contributed by atoms with Crippen molar-refractivity contribution in [2.75, 3.05) is 19.6 Å². The van der Waals surface area contributed by atoms with Crippen LogP contribution in [-0.4, -0.2) is 24.5 Å². The molecule has 1 aliphatic rings. The molecule has 0 fully saturated rings. The van der Waals surface area contributed by atoms with Gasteiger partial charge in [0.2, 0.25) is 0 Å². The molecule has 0 aromatic carbocycles. The third kappa shape index (κ3) is 2.82. The van der Waals surface area contributed by atoms with Gasteiger partial charge >= 0.3 is 0 Å². The molecule has 0 N–H and O–H groups in total. The first-order valence-corrected chi connectivity index (χ1v) is 4.94. The standard InChI is InChI=1S/C11H19N/c1-3-12(4-2)10-9-11-7-5-6-8-11/h5,7-8H,3-4,6,9-10H2,1-2H3. The fraction of sp³-hybridized carbons (Fsp3) is 0.636. The summed E-state index contributed by atoms with van der Waals surface area (Å²) < 4.78 is 0. The Morgan fingerprint density at radius 2 is 2.08 bits per heavy atom. The lowest BCUT2D eigenvalue weighted by molar-refractivity contribution is 0.308. The molecule has 0 aromatic rings. The van der Waals surface area contributed by atoms with Crippen LogP contribution in [0.15, 0.2) is 23.8 Å². The summed E-state index contributed by atoms with van der Waals surface area (Å²) in [5.41, 5.74) is 1.52. The molecule has 0 saturated heterocycles. The minimum absolute atomic E-state index is 1.15. The number of nitrogens with zero attached hydrogens (tertiary/aromatic N) is 1. The van der Waals surface area contributed by atoms with Gasteiger partial charge in [0.1, 0.15) is 0 Å². The molecule has 0 unspecified atom stereocenters. The van der Waals surface area contributed by atoms with E-state index in [1.165, 1.54) is 31.6 Å². The van der Waals surface area contributed by atoms with E-state index < -0.39 is 0 Å². The van der Waals surface area contributed by atoms with Crippen molar-refractivity contribution in [3.05, 3.63) is 23.8 Å². The molecule has 0 atom stereocenters. The van der Waals surface area contributed by atoms with Gasteiger partial charge in [0.15, 0.2) is 0 Å². The summed E-state index contributed by atoms with van der Waals surface area (Å²) in [6.45, 7) is 8.01. The van der Waals surface area contributed by atoms with Gasteiger partial charge in [0.25, 0.3) is 0 Å². The SMILES string of the molecule is CCN(CC)CCC1=CCC=C1. The summed E-state index contributed by atoms with van der Waals surface area (Å²) >= 11 is 0. The van der Waals surface area contributed by atoms with Crippen molar-refractivity contribution in [3.63, 3.8) is 0 Å². The molecule has 0 bridgehead atoms. The molecule has 1 rings (SSSR count). The Balaban J connectivity index is 2.19. The van der Waals surface area contributed by atoms with E-state index in [2.05, 4.69) is 37.0 Å². The molecule has 1 heteroatoms. The largest absolute Gasteiger partial charge is 0.304 e. The highest BCUT2D eigenvalue weighted by Crippen LogP contribution is 2.12. The van der Waals surface area contributed by atoms with E-state index in [-0.39, 0.29) is 0 Å². The van der Waals surface area contributed by atoms with Crippen LogP contribution >= 0.6 is 0 Å². The van der Waals surface area contributed by atoms with Crippen molar-refractivity contribution < 1.29 is 0 Å². The topological polar surface area (TPSA) is 3.24 Å². The molecular weight excluding hydrogens is 146 g/mol. The normalized spacial score (nSPS) is 15.8. The first-order valence-electron chi connectivity index (χ1n) is 4.94.